The van der Waals surface area contributed by atoms with E-state index in [9.17, 15) is 19.5 Å². The van der Waals surface area contributed by atoms with E-state index in [1.54, 1.807) is 21.1 Å². The van der Waals surface area contributed by atoms with Gasteiger partial charge in [-0.25, -0.2) is 0 Å². The molecule has 0 saturated heterocycles. The highest BCUT2D eigenvalue weighted by Gasteiger charge is 2.25. The molecule has 0 aromatic heterocycles. The van der Waals surface area contributed by atoms with Gasteiger partial charge in [0.05, 0.1) is 40.3 Å². The van der Waals surface area contributed by atoms with Gasteiger partial charge in [0.25, 0.3) is 0 Å². The molecule has 0 amide bonds. The number of unbranched alkanes of at least 4 members (excludes halogenated alkanes) is 11. The molecule has 2 unspecified atom stereocenters. The number of rotatable bonds is 31. The Kier molecular flexibility index (Phi) is 28.3. The molecule has 8 heteroatoms. The number of hydrogen-bond acceptors (Lipinski definition) is 7. The molecular weight excluding hydrogens is 582 g/mol. The van der Waals surface area contributed by atoms with Crippen LogP contribution < -0.4 is 5.11 Å². The predicted molar refractivity (Wildman–Crippen MR) is 185 cm³/mol. The standard InChI is InChI=1S/C38H67NO7/c1-6-8-10-12-14-16-17-18-19-20-21-23-24-26-28-36(40)45-33-34(32-44-31-30-35(38(42)43)39(3,4)5)46-37(41)29-27-25-22-15-13-11-9-7-2/h8,10,14,16,22,25,34-35H,6-7,9,11-13,15,17-21,23-24,26-33H2,1-5H3/b10-8+,16-14+,25-22+. The van der Waals surface area contributed by atoms with Crippen LogP contribution in [-0.2, 0) is 28.6 Å². The molecule has 0 spiro atoms. The number of carboxylic acid groups (broad SMARTS) is 1. The molecule has 0 N–H and O–H groups in total. The minimum atomic E-state index is -1.13. The number of carbonyl (C=O) groups is 3. The second-order valence-corrected chi connectivity index (χ2v) is 13.1. The first-order valence-corrected chi connectivity index (χ1v) is 18.0. The first-order chi connectivity index (χ1) is 22.1. The maximum absolute atomic E-state index is 12.5. The molecule has 0 aromatic carbocycles. The fourth-order valence-corrected chi connectivity index (χ4v) is 4.95. The number of ether oxygens (including phenoxy) is 3. The van der Waals surface area contributed by atoms with Crippen molar-refractivity contribution in [3.8, 4) is 0 Å². The average molecular weight is 650 g/mol. The van der Waals surface area contributed by atoms with Crippen LogP contribution in [0.25, 0.3) is 0 Å². The van der Waals surface area contributed by atoms with Crippen molar-refractivity contribution < 1.29 is 38.2 Å². The van der Waals surface area contributed by atoms with Gasteiger partial charge in [0, 0.05) is 19.3 Å². The van der Waals surface area contributed by atoms with Gasteiger partial charge in [-0.1, -0.05) is 102 Å². The predicted octanol–water partition coefficient (Wildman–Crippen LogP) is 7.40. The largest absolute Gasteiger partial charge is 0.544 e. The van der Waals surface area contributed by atoms with Gasteiger partial charge in [-0.15, -0.1) is 0 Å². The van der Waals surface area contributed by atoms with Gasteiger partial charge < -0.3 is 28.6 Å². The highest BCUT2D eigenvalue weighted by atomic mass is 16.6. The number of aliphatic carboxylic acids is 1. The summed E-state index contributed by atoms with van der Waals surface area (Å²) in [7, 11) is 5.37. The molecule has 0 bridgehead atoms. The summed E-state index contributed by atoms with van der Waals surface area (Å²) in [5.41, 5.74) is 0. The summed E-state index contributed by atoms with van der Waals surface area (Å²) in [5.74, 6) is -1.82. The van der Waals surface area contributed by atoms with Crippen LogP contribution in [0.15, 0.2) is 36.5 Å². The molecule has 0 saturated carbocycles. The van der Waals surface area contributed by atoms with Crippen molar-refractivity contribution in [3.05, 3.63) is 36.5 Å². The van der Waals surface area contributed by atoms with Crippen LogP contribution in [-0.4, -0.2) is 75.5 Å². The molecule has 2 atom stereocenters. The number of likely N-dealkylation sites (N-methyl/N-ethyl adjacent to an activating group) is 1. The van der Waals surface area contributed by atoms with Crippen molar-refractivity contribution in [2.24, 2.45) is 0 Å². The number of nitrogens with zero attached hydrogens (tertiary/aromatic N) is 1. The molecule has 0 radical (unpaired) electrons. The van der Waals surface area contributed by atoms with Crippen LogP contribution in [0.2, 0.25) is 0 Å². The molecule has 266 valence electrons. The Labute approximate surface area is 281 Å². The van der Waals surface area contributed by atoms with Gasteiger partial charge >= 0.3 is 11.9 Å². The van der Waals surface area contributed by atoms with Crippen molar-refractivity contribution >= 4 is 17.9 Å². The number of carboxylic acids is 1. The quantitative estimate of drug-likeness (QED) is 0.0334. The molecule has 0 aliphatic heterocycles. The van der Waals surface area contributed by atoms with E-state index in [1.807, 2.05) is 6.08 Å². The summed E-state index contributed by atoms with van der Waals surface area (Å²) in [6.45, 7) is 4.43. The van der Waals surface area contributed by atoms with Crippen molar-refractivity contribution in [1.82, 2.24) is 0 Å². The van der Waals surface area contributed by atoms with Crippen LogP contribution in [0, 0.1) is 0 Å². The Balaban J connectivity index is 4.44. The van der Waals surface area contributed by atoms with Crippen LogP contribution in [0.1, 0.15) is 136 Å². The molecule has 0 fully saturated rings. The van der Waals surface area contributed by atoms with Gasteiger partial charge in [-0.3, -0.25) is 9.59 Å². The monoisotopic (exact) mass is 649 g/mol. The molecule has 0 aromatic rings. The third kappa shape index (κ3) is 27.8. The van der Waals surface area contributed by atoms with Crippen molar-refractivity contribution in [2.75, 3.05) is 41.0 Å². The molecule has 46 heavy (non-hydrogen) atoms. The van der Waals surface area contributed by atoms with E-state index < -0.39 is 18.1 Å². The minimum absolute atomic E-state index is 0.0227. The molecule has 0 rings (SSSR count). The first kappa shape index (κ1) is 43.5. The van der Waals surface area contributed by atoms with Gasteiger partial charge in [-0.05, 0) is 51.4 Å². The topological polar surface area (TPSA) is 102 Å². The number of carbonyl (C=O) groups excluding carboxylic acids is 3. The Morgan fingerprint density at radius 3 is 1.89 bits per heavy atom. The van der Waals surface area contributed by atoms with Gasteiger partial charge in [0.1, 0.15) is 12.6 Å². The Morgan fingerprint density at radius 2 is 1.26 bits per heavy atom. The average Bonchev–Trinajstić information content (AvgIpc) is 3.00. The van der Waals surface area contributed by atoms with Crippen molar-refractivity contribution in [2.45, 2.75) is 148 Å². The normalized spacial score (nSPS) is 13.5. The van der Waals surface area contributed by atoms with Crippen LogP contribution >= 0.6 is 0 Å². The summed E-state index contributed by atoms with van der Waals surface area (Å²) >= 11 is 0. The maximum atomic E-state index is 12.5. The van der Waals surface area contributed by atoms with Crippen LogP contribution in [0.5, 0.6) is 0 Å². The maximum Gasteiger partial charge on any atom is 0.306 e. The zero-order chi connectivity index (χ0) is 34.3. The third-order valence-electron chi connectivity index (χ3n) is 7.77. The Bertz CT molecular complexity index is 860. The number of allylic oxidation sites excluding steroid dienone is 6. The molecule has 0 aliphatic carbocycles. The van der Waals surface area contributed by atoms with Gasteiger partial charge in [0.2, 0.25) is 0 Å². The van der Waals surface area contributed by atoms with Gasteiger partial charge in [-0.2, -0.15) is 0 Å². The smallest absolute Gasteiger partial charge is 0.306 e. The van der Waals surface area contributed by atoms with E-state index in [0.29, 0.717) is 12.8 Å². The fourth-order valence-electron chi connectivity index (χ4n) is 4.95. The molecule has 0 aliphatic rings. The van der Waals surface area contributed by atoms with Crippen molar-refractivity contribution in [1.29, 1.82) is 0 Å². The zero-order valence-corrected chi connectivity index (χ0v) is 30.0. The number of quaternary nitrogens is 1. The third-order valence-corrected chi connectivity index (χ3v) is 7.77. The summed E-state index contributed by atoms with van der Waals surface area (Å²) in [6, 6.07) is -0.729. The molecular formula is C38H67NO7. The first-order valence-electron chi connectivity index (χ1n) is 18.0. The molecule has 8 nitrogen and oxygen atoms in total. The number of hydrogen-bond donors (Lipinski definition) is 0. The zero-order valence-electron chi connectivity index (χ0n) is 30.0. The fraction of sp³-hybridized carbons (Fsp3) is 0.763. The van der Waals surface area contributed by atoms with Crippen LogP contribution in [0.4, 0.5) is 0 Å². The SMILES string of the molecule is CC/C=C/C/C=C/CCCCCCCCCC(=O)OCC(COCCC(C(=O)[O-])[N+](C)(C)C)OC(=O)CC/C=C/CCCCCC. The minimum Gasteiger partial charge on any atom is -0.544 e. The van der Waals surface area contributed by atoms with E-state index in [2.05, 4.69) is 44.2 Å². The Hall–Kier alpha value is -2.45. The molecule has 0 heterocycles. The van der Waals surface area contributed by atoms with E-state index in [4.69, 9.17) is 14.2 Å². The summed E-state index contributed by atoms with van der Waals surface area (Å²) < 4.78 is 16.9. The van der Waals surface area contributed by atoms with Gasteiger partial charge in [0.15, 0.2) is 6.10 Å². The van der Waals surface area contributed by atoms with E-state index >= 15 is 0 Å². The van der Waals surface area contributed by atoms with E-state index in [0.717, 1.165) is 51.4 Å². The summed E-state index contributed by atoms with van der Waals surface area (Å²) in [6.07, 6.45) is 30.5. The van der Waals surface area contributed by atoms with Crippen LogP contribution in [0.3, 0.4) is 0 Å². The summed E-state index contributed by atoms with van der Waals surface area (Å²) in [5, 5.41) is 11.5. The lowest BCUT2D eigenvalue weighted by Gasteiger charge is -2.34. The lowest BCUT2D eigenvalue weighted by Crippen LogP contribution is -2.55. The summed E-state index contributed by atoms with van der Waals surface area (Å²) in [4.78, 5) is 36.4. The number of esters is 2. The highest BCUT2D eigenvalue weighted by Crippen LogP contribution is 2.12. The second kappa shape index (κ2) is 29.9. The van der Waals surface area contributed by atoms with E-state index in [-0.39, 0.29) is 49.1 Å². The lowest BCUT2D eigenvalue weighted by atomic mass is 10.1. The second-order valence-electron chi connectivity index (χ2n) is 13.1. The van der Waals surface area contributed by atoms with Crippen molar-refractivity contribution in [3.63, 3.8) is 0 Å². The lowest BCUT2D eigenvalue weighted by molar-refractivity contribution is -0.889. The highest BCUT2D eigenvalue weighted by molar-refractivity contribution is 5.70. The van der Waals surface area contributed by atoms with E-state index in [1.165, 1.54) is 44.9 Å². The Morgan fingerprint density at radius 1 is 0.674 bits per heavy atom.